The van der Waals surface area contributed by atoms with Crippen LogP contribution in [0.25, 0.3) is 0 Å². The Bertz CT molecular complexity index is 346. The predicted molar refractivity (Wildman–Crippen MR) is 83.3 cm³/mol. The van der Waals surface area contributed by atoms with E-state index in [1.165, 1.54) is 0 Å². The zero-order chi connectivity index (χ0) is 17.5. The molecule has 6 nitrogen and oxygen atoms in total. The molecule has 0 aromatic rings. The van der Waals surface area contributed by atoms with Crippen LogP contribution >= 0.6 is 0 Å². The van der Waals surface area contributed by atoms with E-state index >= 15 is 0 Å². The van der Waals surface area contributed by atoms with Crippen LogP contribution in [0.5, 0.6) is 0 Å². The average Bonchev–Trinajstić information content (AvgIpc) is 2.45. The molecular formula is C16H28O6. The number of esters is 2. The van der Waals surface area contributed by atoms with Gasteiger partial charge in [-0.05, 0) is 26.7 Å². The summed E-state index contributed by atoms with van der Waals surface area (Å²) in [4.78, 5) is 32.3. The van der Waals surface area contributed by atoms with Crippen LogP contribution in [-0.4, -0.2) is 36.2 Å². The Hall–Kier alpha value is -1.85. The lowest BCUT2D eigenvalue weighted by Crippen LogP contribution is -2.25. The lowest BCUT2D eigenvalue weighted by atomic mass is 10.0. The van der Waals surface area contributed by atoms with Gasteiger partial charge in [0, 0.05) is 5.57 Å². The summed E-state index contributed by atoms with van der Waals surface area (Å²) in [5.41, 5.74) is 0.573. The van der Waals surface area contributed by atoms with Gasteiger partial charge < -0.3 is 14.6 Å². The molecule has 128 valence electrons. The minimum atomic E-state index is -1.10. The minimum Gasteiger partial charge on any atom is -0.481 e. The molecule has 6 heteroatoms. The zero-order valence-corrected chi connectivity index (χ0v) is 14.0. The van der Waals surface area contributed by atoms with Crippen molar-refractivity contribution < 1.29 is 29.0 Å². The third-order valence-electron chi connectivity index (χ3n) is 2.56. The van der Waals surface area contributed by atoms with E-state index in [9.17, 15) is 14.4 Å². The zero-order valence-electron chi connectivity index (χ0n) is 14.0. The van der Waals surface area contributed by atoms with Crippen LogP contribution in [0.4, 0.5) is 0 Å². The summed E-state index contributed by atoms with van der Waals surface area (Å²) >= 11 is 0. The molecule has 0 aliphatic heterocycles. The smallest absolute Gasteiger partial charge is 0.333 e. The van der Waals surface area contributed by atoms with Crippen molar-refractivity contribution in [3.8, 4) is 0 Å². The van der Waals surface area contributed by atoms with Crippen LogP contribution in [0.2, 0.25) is 0 Å². The van der Waals surface area contributed by atoms with Gasteiger partial charge in [-0.25, -0.2) is 4.79 Å². The number of carboxylic acids is 1. The Morgan fingerprint density at radius 1 is 1.00 bits per heavy atom. The van der Waals surface area contributed by atoms with Gasteiger partial charge in [-0.3, -0.25) is 9.59 Å². The summed E-state index contributed by atoms with van der Waals surface area (Å²) in [6.45, 7) is 11.5. The molecule has 22 heavy (non-hydrogen) atoms. The normalized spacial score (nSPS) is 10.7. The van der Waals surface area contributed by atoms with Gasteiger partial charge in [0.15, 0.2) is 5.92 Å². The molecule has 0 saturated heterocycles. The van der Waals surface area contributed by atoms with Gasteiger partial charge in [0.2, 0.25) is 0 Å². The van der Waals surface area contributed by atoms with E-state index in [-0.39, 0.29) is 12.6 Å². The van der Waals surface area contributed by atoms with E-state index in [4.69, 9.17) is 9.84 Å². The van der Waals surface area contributed by atoms with Crippen molar-refractivity contribution in [1.29, 1.82) is 0 Å². The molecule has 0 fully saturated rings. The number of hydrogen-bond acceptors (Lipinski definition) is 5. The van der Waals surface area contributed by atoms with Crippen molar-refractivity contribution in [2.45, 2.75) is 53.4 Å². The van der Waals surface area contributed by atoms with Crippen molar-refractivity contribution in [3.63, 3.8) is 0 Å². The molecule has 1 N–H and O–H groups in total. The van der Waals surface area contributed by atoms with Gasteiger partial charge in [0.1, 0.15) is 0 Å². The molecule has 0 saturated carbocycles. The molecule has 0 bridgehead atoms. The van der Waals surface area contributed by atoms with Crippen LogP contribution in [0, 0.1) is 5.92 Å². The largest absolute Gasteiger partial charge is 0.481 e. The first-order valence-electron chi connectivity index (χ1n) is 7.59. The number of carboxylic acid groups (broad SMARTS) is 1. The maximum atomic E-state index is 11.0. The molecule has 0 heterocycles. The Morgan fingerprint density at radius 3 is 1.91 bits per heavy atom. The van der Waals surface area contributed by atoms with E-state index in [2.05, 4.69) is 11.3 Å². The van der Waals surface area contributed by atoms with E-state index in [0.717, 1.165) is 12.8 Å². The quantitative estimate of drug-likeness (QED) is 0.399. The molecule has 0 radical (unpaired) electrons. The lowest BCUT2D eigenvalue weighted by Gasteiger charge is -2.08. The molecule has 0 amide bonds. The SMILES string of the molecule is C=C(CCC)C(=O)OCC.CCCC(C(=O)O)C(=O)OCC. The summed E-state index contributed by atoms with van der Waals surface area (Å²) in [6.07, 6.45) is 2.68. The molecule has 1 unspecified atom stereocenters. The van der Waals surface area contributed by atoms with E-state index in [0.29, 0.717) is 25.0 Å². The minimum absolute atomic E-state index is 0.228. The number of carbonyl (C=O) groups excluding carboxylic acids is 2. The van der Waals surface area contributed by atoms with Crippen LogP contribution < -0.4 is 0 Å². The van der Waals surface area contributed by atoms with Gasteiger partial charge in [0.05, 0.1) is 13.2 Å². The summed E-state index contributed by atoms with van der Waals surface area (Å²) in [5.74, 6) is -2.98. The first kappa shape index (κ1) is 22.4. The first-order valence-corrected chi connectivity index (χ1v) is 7.59. The molecular weight excluding hydrogens is 288 g/mol. The van der Waals surface area contributed by atoms with Crippen LogP contribution in [0.15, 0.2) is 12.2 Å². The van der Waals surface area contributed by atoms with Crippen molar-refractivity contribution in [3.05, 3.63) is 12.2 Å². The molecule has 0 spiro atoms. The number of carbonyl (C=O) groups is 3. The molecule has 0 aromatic carbocycles. The van der Waals surface area contributed by atoms with Gasteiger partial charge >= 0.3 is 17.9 Å². The van der Waals surface area contributed by atoms with Crippen LogP contribution in [-0.2, 0) is 23.9 Å². The average molecular weight is 316 g/mol. The second kappa shape index (κ2) is 14.1. The summed E-state index contributed by atoms with van der Waals surface area (Å²) in [5, 5.41) is 8.60. The summed E-state index contributed by atoms with van der Waals surface area (Å²) in [7, 11) is 0. The second-order valence-electron chi connectivity index (χ2n) is 4.51. The van der Waals surface area contributed by atoms with Crippen molar-refractivity contribution >= 4 is 17.9 Å². The highest BCUT2D eigenvalue weighted by molar-refractivity contribution is 5.93. The number of ether oxygens (including phenoxy) is 2. The van der Waals surface area contributed by atoms with Crippen molar-refractivity contribution in [1.82, 2.24) is 0 Å². The van der Waals surface area contributed by atoms with E-state index in [1.807, 2.05) is 13.8 Å². The summed E-state index contributed by atoms with van der Waals surface area (Å²) < 4.78 is 9.32. The fourth-order valence-corrected chi connectivity index (χ4v) is 1.51. The predicted octanol–water partition coefficient (Wildman–Crippen LogP) is 2.96. The van der Waals surface area contributed by atoms with Gasteiger partial charge in [-0.15, -0.1) is 0 Å². The third-order valence-corrected chi connectivity index (χ3v) is 2.56. The van der Waals surface area contributed by atoms with Crippen molar-refractivity contribution in [2.24, 2.45) is 5.92 Å². The van der Waals surface area contributed by atoms with Gasteiger partial charge in [-0.1, -0.05) is 33.3 Å². The second-order valence-corrected chi connectivity index (χ2v) is 4.51. The molecule has 0 aliphatic rings. The van der Waals surface area contributed by atoms with Gasteiger partial charge in [-0.2, -0.15) is 0 Å². The highest BCUT2D eigenvalue weighted by Gasteiger charge is 2.26. The maximum absolute atomic E-state index is 11.0. The van der Waals surface area contributed by atoms with Crippen molar-refractivity contribution in [2.75, 3.05) is 13.2 Å². The highest BCUT2D eigenvalue weighted by atomic mass is 16.5. The fraction of sp³-hybridized carbons (Fsp3) is 0.688. The third kappa shape index (κ3) is 10.9. The number of hydrogen-bond donors (Lipinski definition) is 1. The molecule has 0 aliphatic carbocycles. The highest BCUT2D eigenvalue weighted by Crippen LogP contribution is 2.08. The standard InChI is InChI=1S/C8H14O4.C8H14O2/c1-3-5-6(7(9)10)8(11)12-4-2;1-4-6-7(3)8(9)10-5-2/h6H,3-5H2,1-2H3,(H,9,10);3-6H2,1-2H3. The van der Waals surface area contributed by atoms with E-state index < -0.39 is 17.9 Å². The maximum Gasteiger partial charge on any atom is 0.333 e. The fourth-order valence-electron chi connectivity index (χ4n) is 1.51. The van der Waals surface area contributed by atoms with Crippen LogP contribution in [0.3, 0.4) is 0 Å². The first-order chi connectivity index (χ1) is 10.3. The Balaban J connectivity index is 0. The summed E-state index contributed by atoms with van der Waals surface area (Å²) in [6, 6.07) is 0. The lowest BCUT2D eigenvalue weighted by molar-refractivity contribution is -0.158. The molecule has 0 aromatic heterocycles. The Kier molecular flexibility index (Phi) is 14.4. The number of aliphatic carboxylic acids is 1. The monoisotopic (exact) mass is 316 g/mol. The number of rotatable bonds is 9. The molecule has 0 rings (SSSR count). The topological polar surface area (TPSA) is 89.9 Å². The molecule has 1 atom stereocenters. The Labute approximate surface area is 132 Å². The Morgan fingerprint density at radius 2 is 1.55 bits per heavy atom. The van der Waals surface area contributed by atoms with E-state index in [1.54, 1.807) is 13.8 Å². The van der Waals surface area contributed by atoms with Gasteiger partial charge in [0.25, 0.3) is 0 Å². The van der Waals surface area contributed by atoms with Crippen LogP contribution in [0.1, 0.15) is 53.4 Å².